The molecule has 0 saturated carbocycles. The Morgan fingerprint density at radius 3 is 2.64 bits per heavy atom. The minimum Gasteiger partial charge on any atom is -0.486 e. The molecule has 6 rings (SSSR count). The molecule has 1 unspecified atom stereocenters. The molecule has 0 amide bonds. The highest BCUT2D eigenvalue weighted by atomic mass is 32.1. The fraction of sp³-hybridized carbons (Fsp3) is 0.211. The summed E-state index contributed by atoms with van der Waals surface area (Å²) in [6, 6.07) is 13.4. The summed E-state index contributed by atoms with van der Waals surface area (Å²) in [5.41, 5.74) is 0.942. The number of aromatic nitrogens is 4. The second kappa shape index (κ2) is 6.10. The molecule has 140 valence electrons. The normalized spacial score (nSPS) is 17.6. The van der Waals surface area contributed by atoms with E-state index in [0.29, 0.717) is 36.4 Å². The number of rotatable bonds is 2. The van der Waals surface area contributed by atoms with E-state index in [2.05, 4.69) is 10.2 Å². The molecule has 0 saturated heterocycles. The molecule has 2 aliphatic heterocycles. The second-order valence-electron chi connectivity index (χ2n) is 6.38. The van der Waals surface area contributed by atoms with Crippen LogP contribution in [-0.2, 0) is 0 Å². The Hall–Kier alpha value is -3.33. The maximum absolute atomic E-state index is 6.05. The van der Waals surface area contributed by atoms with E-state index in [-0.39, 0.29) is 6.10 Å². The molecular weight excluding hydrogens is 380 g/mol. The van der Waals surface area contributed by atoms with Crippen LogP contribution in [0.15, 0.2) is 42.5 Å². The average molecular weight is 394 g/mol. The van der Waals surface area contributed by atoms with Crippen molar-refractivity contribution in [3.8, 4) is 33.6 Å². The maximum Gasteiger partial charge on any atom is 0.235 e. The van der Waals surface area contributed by atoms with Crippen molar-refractivity contribution in [2.24, 2.45) is 0 Å². The van der Waals surface area contributed by atoms with Crippen LogP contribution in [0.3, 0.4) is 0 Å². The summed E-state index contributed by atoms with van der Waals surface area (Å²) in [5.74, 6) is 3.53. The summed E-state index contributed by atoms with van der Waals surface area (Å²) in [6.07, 6.45) is -0.375. The van der Waals surface area contributed by atoms with E-state index < -0.39 is 0 Å². The summed E-state index contributed by atoms with van der Waals surface area (Å²) in [7, 11) is 0. The number of hydrogen-bond acceptors (Lipinski definition) is 8. The first-order valence-corrected chi connectivity index (χ1v) is 9.67. The Morgan fingerprint density at radius 2 is 1.71 bits per heavy atom. The first-order chi connectivity index (χ1) is 13.8. The number of para-hydroxylation sites is 2. The SMILES string of the molecule is c1ccc2c(c1)OCC(c1nnc3sc(-c4ccc5c(c4)OCCO5)nn13)O2. The van der Waals surface area contributed by atoms with Gasteiger partial charge in [-0.05, 0) is 30.3 Å². The maximum atomic E-state index is 6.05. The number of nitrogens with zero attached hydrogens (tertiary/aromatic N) is 4. The second-order valence-corrected chi connectivity index (χ2v) is 7.34. The number of ether oxygens (including phenoxy) is 4. The summed E-state index contributed by atoms with van der Waals surface area (Å²) >= 11 is 1.46. The molecule has 8 nitrogen and oxygen atoms in total. The van der Waals surface area contributed by atoms with Crippen molar-refractivity contribution in [2.75, 3.05) is 19.8 Å². The van der Waals surface area contributed by atoms with Gasteiger partial charge in [0.25, 0.3) is 0 Å². The van der Waals surface area contributed by atoms with E-state index in [1.165, 1.54) is 11.3 Å². The molecule has 2 aromatic heterocycles. The lowest BCUT2D eigenvalue weighted by Crippen LogP contribution is -2.23. The molecule has 9 heteroatoms. The van der Waals surface area contributed by atoms with Gasteiger partial charge in [-0.25, -0.2) is 0 Å². The molecule has 0 aliphatic carbocycles. The van der Waals surface area contributed by atoms with Crippen LogP contribution in [-0.4, -0.2) is 39.6 Å². The smallest absolute Gasteiger partial charge is 0.235 e. The molecule has 2 aromatic carbocycles. The van der Waals surface area contributed by atoms with Crippen molar-refractivity contribution >= 4 is 16.3 Å². The van der Waals surface area contributed by atoms with Gasteiger partial charge in [0.1, 0.15) is 24.8 Å². The highest BCUT2D eigenvalue weighted by Gasteiger charge is 2.28. The lowest BCUT2D eigenvalue weighted by molar-refractivity contribution is 0.0836. The van der Waals surface area contributed by atoms with Crippen molar-refractivity contribution < 1.29 is 18.9 Å². The number of fused-ring (bicyclic) bond motifs is 3. The van der Waals surface area contributed by atoms with E-state index in [9.17, 15) is 0 Å². The summed E-state index contributed by atoms with van der Waals surface area (Å²) in [5, 5.41) is 14.1. The number of benzene rings is 2. The summed E-state index contributed by atoms with van der Waals surface area (Å²) < 4.78 is 24.8. The zero-order valence-electron chi connectivity index (χ0n) is 14.6. The molecule has 0 bridgehead atoms. The van der Waals surface area contributed by atoms with Crippen molar-refractivity contribution in [2.45, 2.75) is 6.10 Å². The third-order valence-electron chi connectivity index (χ3n) is 4.60. The third kappa shape index (κ3) is 2.47. The quantitative estimate of drug-likeness (QED) is 0.517. The van der Waals surface area contributed by atoms with Crippen LogP contribution >= 0.6 is 11.3 Å². The van der Waals surface area contributed by atoms with Gasteiger partial charge in [0.05, 0.1) is 0 Å². The van der Waals surface area contributed by atoms with Crippen molar-refractivity contribution in [3.05, 3.63) is 48.3 Å². The van der Waals surface area contributed by atoms with Gasteiger partial charge < -0.3 is 18.9 Å². The Kier molecular flexibility index (Phi) is 3.42. The van der Waals surface area contributed by atoms with Gasteiger partial charge in [0, 0.05) is 5.56 Å². The lowest BCUT2D eigenvalue weighted by atomic mass is 10.2. The molecular formula is C19H14N4O4S. The largest absolute Gasteiger partial charge is 0.486 e. The predicted octanol–water partition coefficient (Wildman–Crippen LogP) is 3.14. The Morgan fingerprint density at radius 1 is 0.893 bits per heavy atom. The molecule has 4 heterocycles. The first kappa shape index (κ1) is 15.7. The third-order valence-corrected chi connectivity index (χ3v) is 5.55. The molecule has 28 heavy (non-hydrogen) atoms. The van der Waals surface area contributed by atoms with Crippen LogP contribution in [0.4, 0.5) is 0 Å². The zero-order chi connectivity index (χ0) is 18.5. The van der Waals surface area contributed by atoms with Crippen molar-refractivity contribution in [3.63, 3.8) is 0 Å². The topological polar surface area (TPSA) is 80.0 Å². The minimum absolute atomic E-state index is 0.356. The van der Waals surface area contributed by atoms with Crippen LogP contribution in [0.2, 0.25) is 0 Å². The predicted molar refractivity (Wildman–Crippen MR) is 100 cm³/mol. The highest BCUT2D eigenvalue weighted by Crippen LogP contribution is 2.38. The molecule has 2 aliphatic rings. The van der Waals surface area contributed by atoms with E-state index in [1.807, 2.05) is 42.5 Å². The van der Waals surface area contributed by atoms with E-state index in [4.69, 9.17) is 24.0 Å². The van der Waals surface area contributed by atoms with Gasteiger partial charge in [-0.15, -0.1) is 10.2 Å². The Bertz CT molecular complexity index is 1190. The molecule has 0 N–H and O–H groups in total. The molecule has 0 fully saturated rings. The standard InChI is InChI=1S/C19H14N4O4S/c1-2-4-14-12(3-1)26-10-16(27-14)17-20-21-19-23(17)22-18(28-19)11-5-6-13-15(9-11)25-8-7-24-13/h1-6,9,16H,7-8,10H2. The van der Waals surface area contributed by atoms with Gasteiger partial charge in [0.15, 0.2) is 34.9 Å². The van der Waals surface area contributed by atoms with Crippen LogP contribution in [0.5, 0.6) is 23.0 Å². The molecule has 1 atom stereocenters. The summed E-state index contributed by atoms with van der Waals surface area (Å²) in [6.45, 7) is 1.47. The van der Waals surface area contributed by atoms with Crippen LogP contribution in [0, 0.1) is 0 Å². The van der Waals surface area contributed by atoms with E-state index >= 15 is 0 Å². The first-order valence-electron chi connectivity index (χ1n) is 8.86. The van der Waals surface area contributed by atoms with Gasteiger partial charge in [-0.1, -0.05) is 23.5 Å². The fourth-order valence-electron chi connectivity index (χ4n) is 3.27. The molecule has 0 spiro atoms. The minimum atomic E-state index is -0.375. The lowest BCUT2D eigenvalue weighted by Gasteiger charge is -2.24. The molecule has 0 radical (unpaired) electrons. The monoisotopic (exact) mass is 394 g/mol. The van der Waals surface area contributed by atoms with Crippen LogP contribution in [0.25, 0.3) is 15.5 Å². The van der Waals surface area contributed by atoms with E-state index in [0.717, 1.165) is 27.8 Å². The zero-order valence-corrected chi connectivity index (χ0v) is 15.4. The Labute approximate surface area is 163 Å². The fourth-order valence-corrected chi connectivity index (χ4v) is 4.12. The van der Waals surface area contributed by atoms with Gasteiger partial charge in [-0.3, -0.25) is 0 Å². The van der Waals surface area contributed by atoms with Crippen LogP contribution in [0.1, 0.15) is 11.9 Å². The summed E-state index contributed by atoms with van der Waals surface area (Å²) in [4.78, 5) is 0.697. The molecule has 4 aromatic rings. The van der Waals surface area contributed by atoms with Gasteiger partial charge in [-0.2, -0.15) is 9.61 Å². The van der Waals surface area contributed by atoms with Gasteiger partial charge >= 0.3 is 0 Å². The van der Waals surface area contributed by atoms with Gasteiger partial charge in [0.2, 0.25) is 4.96 Å². The van der Waals surface area contributed by atoms with Crippen molar-refractivity contribution in [1.82, 2.24) is 19.8 Å². The number of hydrogen-bond donors (Lipinski definition) is 0. The van der Waals surface area contributed by atoms with E-state index in [1.54, 1.807) is 4.52 Å². The Balaban J connectivity index is 1.35. The highest BCUT2D eigenvalue weighted by molar-refractivity contribution is 7.19. The van der Waals surface area contributed by atoms with Crippen molar-refractivity contribution in [1.29, 1.82) is 0 Å². The average Bonchev–Trinajstić information content (AvgIpc) is 3.34. The van der Waals surface area contributed by atoms with Crippen LogP contribution < -0.4 is 18.9 Å².